The van der Waals surface area contributed by atoms with Crippen LogP contribution < -0.4 is 15.8 Å². The van der Waals surface area contributed by atoms with Crippen LogP contribution in [0.5, 0.6) is 5.75 Å². The van der Waals surface area contributed by atoms with E-state index in [1.54, 1.807) is 24.3 Å². The molecule has 0 heterocycles. The van der Waals surface area contributed by atoms with E-state index in [1.807, 2.05) is 38.4 Å². The Kier molecular flexibility index (Phi) is 6.00. The molecule has 0 atom stereocenters. The molecular weight excluding hydrogens is 290 g/mol. The Balaban J connectivity index is 1.81. The highest BCUT2D eigenvalue weighted by molar-refractivity contribution is 5.94. The van der Waals surface area contributed by atoms with Crippen LogP contribution in [0.25, 0.3) is 0 Å². The molecule has 1 amide bonds. The number of ether oxygens (including phenoxy) is 1. The first-order chi connectivity index (χ1) is 11.0. The van der Waals surface area contributed by atoms with E-state index in [0.717, 1.165) is 17.9 Å². The lowest BCUT2D eigenvalue weighted by atomic mass is 10.2. The maximum absolute atomic E-state index is 12.0. The zero-order chi connectivity index (χ0) is 16.7. The van der Waals surface area contributed by atoms with E-state index in [4.69, 9.17) is 10.5 Å². The molecule has 0 bridgehead atoms. The summed E-state index contributed by atoms with van der Waals surface area (Å²) in [5.74, 6) is 0.719. The first-order valence-electron chi connectivity index (χ1n) is 7.55. The number of nitrogens with zero attached hydrogens (tertiary/aromatic N) is 1. The van der Waals surface area contributed by atoms with Crippen molar-refractivity contribution in [2.75, 3.05) is 33.0 Å². The van der Waals surface area contributed by atoms with E-state index >= 15 is 0 Å². The van der Waals surface area contributed by atoms with E-state index in [9.17, 15) is 4.79 Å². The average Bonchev–Trinajstić information content (AvgIpc) is 2.54. The molecule has 5 heteroatoms. The number of amides is 1. The first kappa shape index (κ1) is 16.8. The number of anilines is 1. The molecule has 0 unspecified atom stereocenters. The maximum atomic E-state index is 12.0. The van der Waals surface area contributed by atoms with Crippen molar-refractivity contribution in [3.8, 4) is 5.75 Å². The lowest BCUT2D eigenvalue weighted by Crippen LogP contribution is -2.22. The second-order valence-corrected chi connectivity index (χ2v) is 5.60. The van der Waals surface area contributed by atoms with Crippen molar-refractivity contribution in [1.29, 1.82) is 0 Å². The molecule has 0 aromatic heterocycles. The summed E-state index contributed by atoms with van der Waals surface area (Å²) < 4.78 is 5.64. The van der Waals surface area contributed by atoms with Gasteiger partial charge in [0, 0.05) is 24.3 Å². The molecule has 0 aliphatic heterocycles. The molecule has 0 fully saturated rings. The Morgan fingerprint density at radius 2 is 1.74 bits per heavy atom. The molecule has 2 aromatic carbocycles. The van der Waals surface area contributed by atoms with Gasteiger partial charge < -0.3 is 20.7 Å². The van der Waals surface area contributed by atoms with Crippen molar-refractivity contribution < 1.29 is 9.53 Å². The summed E-state index contributed by atoms with van der Waals surface area (Å²) in [6, 6.07) is 14.6. The van der Waals surface area contributed by atoms with Crippen molar-refractivity contribution >= 4 is 11.6 Å². The van der Waals surface area contributed by atoms with E-state index in [1.165, 1.54) is 0 Å². The third kappa shape index (κ3) is 5.64. The van der Waals surface area contributed by atoms with Crippen LogP contribution >= 0.6 is 0 Å². The predicted molar refractivity (Wildman–Crippen MR) is 92.5 cm³/mol. The maximum Gasteiger partial charge on any atom is 0.251 e. The highest BCUT2D eigenvalue weighted by atomic mass is 16.5. The number of carbonyl (C=O) groups is 1. The third-order valence-corrected chi connectivity index (χ3v) is 3.36. The average molecular weight is 313 g/mol. The molecule has 0 spiro atoms. The molecule has 23 heavy (non-hydrogen) atoms. The second-order valence-electron chi connectivity index (χ2n) is 5.60. The topological polar surface area (TPSA) is 67.6 Å². The molecule has 122 valence electrons. The van der Waals surface area contributed by atoms with Crippen LogP contribution in [0.15, 0.2) is 48.5 Å². The number of carbonyl (C=O) groups excluding carboxylic acids is 1. The fraction of sp³-hybridized carbons (Fsp3) is 0.278. The standard InChI is InChI=1S/C18H23N3O2/c1-21(2)11-12-23-17-9-3-14(4-10-17)13-20-18(22)15-5-7-16(19)8-6-15/h3-10H,11-13,19H2,1-2H3,(H,20,22). The van der Waals surface area contributed by atoms with Crippen LogP contribution in [-0.4, -0.2) is 38.1 Å². The first-order valence-corrected chi connectivity index (χ1v) is 7.55. The minimum atomic E-state index is -0.115. The summed E-state index contributed by atoms with van der Waals surface area (Å²) in [6.07, 6.45) is 0. The summed E-state index contributed by atoms with van der Waals surface area (Å²) in [5.41, 5.74) is 7.88. The van der Waals surface area contributed by atoms with Crippen LogP contribution in [0, 0.1) is 0 Å². The zero-order valence-electron chi connectivity index (χ0n) is 13.6. The van der Waals surface area contributed by atoms with Gasteiger partial charge in [-0.3, -0.25) is 4.79 Å². The summed E-state index contributed by atoms with van der Waals surface area (Å²) in [6.45, 7) is 2.00. The molecule has 0 radical (unpaired) electrons. The molecule has 0 saturated heterocycles. The number of rotatable bonds is 7. The van der Waals surface area contributed by atoms with Gasteiger partial charge >= 0.3 is 0 Å². The zero-order valence-corrected chi connectivity index (χ0v) is 13.6. The van der Waals surface area contributed by atoms with Crippen molar-refractivity contribution in [1.82, 2.24) is 10.2 Å². The number of hydrogen-bond donors (Lipinski definition) is 2. The van der Waals surface area contributed by atoms with Gasteiger partial charge in [-0.2, -0.15) is 0 Å². The van der Waals surface area contributed by atoms with Gasteiger partial charge in [-0.1, -0.05) is 12.1 Å². The van der Waals surface area contributed by atoms with Gasteiger partial charge in [0.2, 0.25) is 0 Å². The summed E-state index contributed by atoms with van der Waals surface area (Å²) in [7, 11) is 4.02. The summed E-state index contributed by atoms with van der Waals surface area (Å²) in [4.78, 5) is 14.1. The third-order valence-electron chi connectivity index (χ3n) is 3.36. The SMILES string of the molecule is CN(C)CCOc1ccc(CNC(=O)c2ccc(N)cc2)cc1. The van der Waals surface area contributed by atoms with Crippen LogP contribution in [-0.2, 0) is 6.54 Å². The monoisotopic (exact) mass is 313 g/mol. The molecule has 0 aliphatic rings. The van der Waals surface area contributed by atoms with Crippen molar-refractivity contribution in [2.45, 2.75) is 6.54 Å². The van der Waals surface area contributed by atoms with Crippen LogP contribution in [0.4, 0.5) is 5.69 Å². The molecule has 2 rings (SSSR count). The molecule has 2 aromatic rings. The van der Waals surface area contributed by atoms with E-state index in [-0.39, 0.29) is 5.91 Å². The summed E-state index contributed by atoms with van der Waals surface area (Å²) in [5, 5.41) is 2.89. The van der Waals surface area contributed by atoms with Crippen molar-refractivity contribution in [3.63, 3.8) is 0 Å². The van der Waals surface area contributed by atoms with Crippen LogP contribution in [0.3, 0.4) is 0 Å². The van der Waals surface area contributed by atoms with Crippen LogP contribution in [0.2, 0.25) is 0 Å². The number of nitrogen functional groups attached to an aromatic ring is 1. The van der Waals surface area contributed by atoms with E-state index in [2.05, 4.69) is 10.2 Å². The Morgan fingerprint density at radius 3 is 2.35 bits per heavy atom. The Hall–Kier alpha value is -2.53. The normalized spacial score (nSPS) is 10.6. The van der Waals surface area contributed by atoms with Gasteiger partial charge in [0.15, 0.2) is 0 Å². The fourth-order valence-electron chi connectivity index (χ4n) is 1.97. The molecule has 3 N–H and O–H groups in total. The van der Waals surface area contributed by atoms with Gasteiger partial charge in [-0.05, 0) is 56.1 Å². The summed E-state index contributed by atoms with van der Waals surface area (Å²) >= 11 is 0. The molecule has 0 saturated carbocycles. The fourth-order valence-corrected chi connectivity index (χ4v) is 1.97. The highest BCUT2D eigenvalue weighted by Gasteiger charge is 2.05. The number of hydrogen-bond acceptors (Lipinski definition) is 4. The van der Waals surface area contributed by atoms with Gasteiger partial charge in [0.05, 0.1) is 0 Å². The van der Waals surface area contributed by atoms with Gasteiger partial charge in [-0.15, -0.1) is 0 Å². The Morgan fingerprint density at radius 1 is 1.09 bits per heavy atom. The smallest absolute Gasteiger partial charge is 0.251 e. The minimum Gasteiger partial charge on any atom is -0.492 e. The largest absolute Gasteiger partial charge is 0.492 e. The van der Waals surface area contributed by atoms with Crippen molar-refractivity contribution in [3.05, 3.63) is 59.7 Å². The van der Waals surface area contributed by atoms with Gasteiger partial charge in [0.1, 0.15) is 12.4 Å². The van der Waals surface area contributed by atoms with Crippen molar-refractivity contribution in [2.24, 2.45) is 0 Å². The number of likely N-dealkylation sites (N-methyl/N-ethyl adjacent to an activating group) is 1. The number of benzene rings is 2. The number of nitrogens with one attached hydrogen (secondary N) is 1. The second kappa shape index (κ2) is 8.19. The quantitative estimate of drug-likeness (QED) is 0.769. The number of nitrogens with two attached hydrogens (primary N) is 1. The lowest BCUT2D eigenvalue weighted by molar-refractivity contribution is 0.0951. The van der Waals surface area contributed by atoms with Crippen LogP contribution in [0.1, 0.15) is 15.9 Å². The Labute approximate surface area is 137 Å². The molecule has 5 nitrogen and oxygen atoms in total. The molecular formula is C18H23N3O2. The van der Waals surface area contributed by atoms with Gasteiger partial charge in [-0.25, -0.2) is 0 Å². The minimum absolute atomic E-state index is 0.115. The lowest BCUT2D eigenvalue weighted by Gasteiger charge is -2.11. The highest BCUT2D eigenvalue weighted by Crippen LogP contribution is 2.12. The Bertz CT molecular complexity index is 622. The van der Waals surface area contributed by atoms with Gasteiger partial charge in [0.25, 0.3) is 5.91 Å². The van der Waals surface area contributed by atoms with E-state index in [0.29, 0.717) is 24.4 Å². The molecule has 0 aliphatic carbocycles. The predicted octanol–water partition coefficient (Wildman–Crippen LogP) is 2.14. The van der Waals surface area contributed by atoms with E-state index < -0.39 is 0 Å².